The highest BCUT2D eigenvalue weighted by atomic mass is 16.6. The van der Waals surface area contributed by atoms with E-state index in [9.17, 15) is 10.1 Å². The summed E-state index contributed by atoms with van der Waals surface area (Å²) in [5, 5.41) is 10.4. The molecule has 0 radical (unpaired) electrons. The first-order chi connectivity index (χ1) is 5.65. The lowest BCUT2D eigenvalue weighted by molar-refractivity contribution is -0.390. The van der Waals surface area contributed by atoms with E-state index in [0.29, 0.717) is 11.5 Å². The highest BCUT2D eigenvalue weighted by Gasteiger charge is 2.16. The summed E-state index contributed by atoms with van der Waals surface area (Å²) in [5.41, 5.74) is 0.333. The molecule has 1 rings (SSSR count). The molecule has 0 bridgehead atoms. The number of aromatic nitrogens is 2. The van der Waals surface area contributed by atoms with Gasteiger partial charge in [-0.3, -0.25) is 0 Å². The van der Waals surface area contributed by atoms with Crippen molar-refractivity contribution in [2.24, 2.45) is 0 Å². The van der Waals surface area contributed by atoms with Crippen molar-refractivity contribution in [1.29, 1.82) is 0 Å². The first kappa shape index (κ1) is 8.66. The van der Waals surface area contributed by atoms with Gasteiger partial charge in [-0.05, 0) is 4.92 Å². The fraction of sp³-hybridized carbons (Fsp3) is 0.500. The van der Waals surface area contributed by atoms with Crippen LogP contribution in [0.5, 0.6) is 0 Å². The molecular weight excluding hydrogens is 162 g/mol. The molecule has 1 heterocycles. The van der Waals surface area contributed by atoms with E-state index >= 15 is 0 Å². The normalized spacial score (nSPS) is 10.2. The van der Waals surface area contributed by atoms with Crippen molar-refractivity contribution in [3.05, 3.63) is 21.6 Å². The number of nitrogens with zero attached hydrogens (tertiary/aromatic N) is 2. The minimum atomic E-state index is -0.506. The molecule has 1 N–H and O–H groups in total. The van der Waals surface area contributed by atoms with Crippen LogP contribution in [-0.4, -0.2) is 22.0 Å². The molecule has 0 amide bonds. The molecule has 0 aliphatic carbocycles. The van der Waals surface area contributed by atoms with Crippen LogP contribution in [0, 0.1) is 17.0 Å². The van der Waals surface area contributed by atoms with Gasteiger partial charge in [0.1, 0.15) is 0 Å². The molecule has 66 valence electrons. The monoisotopic (exact) mass is 171 g/mol. The first-order valence-electron chi connectivity index (χ1n) is 3.34. The van der Waals surface area contributed by atoms with Gasteiger partial charge < -0.3 is 14.9 Å². The number of nitro groups is 1. The summed E-state index contributed by atoms with van der Waals surface area (Å²) in [6, 6.07) is 0. The molecule has 0 atom stereocenters. The largest absolute Gasteiger partial charge is 0.378 e. The lowest BCUT2D eigenvalue weighted by Gasteiger charge is -1.93. The van der Waals surface area contributed by atoms with Crippen LogP contribution in [-0.2, 0) is 11.3 Å². The smallest absolute Gasteiger partial charge is 0.346 e. The number of aryl methyl sites for hydroxylation is 1. The molecule has 0 aliphatic heterocycles. The van der Waals surface area contributed by atoms with E-state index in [0.717, 1.165) is 0 Å². The lowest BCUT2D eigenvalue weighted by Crippen LogP contribution is -1.95. The van der Waals surface area contributed by atoms with Crippen molar-refractivity contribution in [3.8, 4) is 0 Å². The minimum absolute atomic E-state index is 0.0886. The first-order valence-corrected chi connectivity index (χ1v) is 3.34. The van der Waals surface area contributed by atoms with Gasteiger partial charge in [0.15, 0.2) is 11.5 Å². The topological polar surface area (TPSA) is 81.0 Å². The second-order valence-electron chi connectivity index (χ2n) is 2.31. The van der Waals surface area contributed by atoms with Crippen LogP contribution in [0.1, 0.15) is 11.5 Å². The number of aromatic amines is 1. The number of ether oxygens (including phenoxy) is 1. The van der Waals surface area contributed by atoms with Crippen LogP contribution in [0.25, 0.3) is 0 Å². The summed E-state index contributed by atoms with van der Waals surface area (Å²) in [7, 11) is 1.47. The Balaban J connectivity index is 2.99. The molecule has 0 saturated carbocycles. The van der Waals surface area contributed by atoms with Crippen molar-refractivity contribution in [2.75, 3.05) is 7.11 Å². The Bertz CT molecular complexity index is 294. The SMILES string of the molecule is COCc1nc(C)[nH]c1[N+](=O)[O-]. The summed E-state index contributed by atoms with van der Waals surface area (Å²) in [6.07, 6.45) is 0. The van der Waals surface area contributed by atoms with E-state index in [4.69, 9.17) is 4.74 Å². The minimum Gasteiger partial charge on any atom is -0.378 e. The summed E-state index contributed by atoms with van der Waals surface area (Å²) in [6.45, 7) is 1.81. The number of hydrogen-bond donors (Lipinski definition) is 1. The van der Waals surface area contributed by atoms with Crippen molar-refractivity contribution in [2.45, 2.75) is 13.5 Å². The van der Waals surface area contributed by atoms with E-state index in [1.165, 1.54) is 7.11 Å². The third-order valence-electron chi connectivity index (χ3n) is 1.34. The third-order valence-corrected chi connectivity index (χ3v) is 1.34. The van der Waals surface area contributed by atoms with E-state index in [1.807, 2.05) is 0 Å². The quantitative estimate of drug-likeness (QED) is 0.538. The van der Waals surface area contributed by atoms with Gasteiger partial charge in [0.2, 0.25) is 0 Å². The Hall–Kier alpha value is -1.43. The molecule has 0 unspecified atom stereocenters. The van der Waals surface area contributed by atoms with Crippen LogP contribution in [0.15, 0.2) is 0 Å². The predicted molar refractivity (Wildman–Crippen MR) is 40.7 cm³/mol. The van der Waals surface area contributed by atoms with Crippen LogP contribution in [0.4, 0.5) is 5.82 Å². The van der Waals surface area contributed by atoms with Gasteiger partial charge in [0.05, 0.1) is 6.61 Å². The number of rotatable bonds is 3. The van der Waals surface area contributed by atoms with Crippen LogP contribution in [0.3, 0.4) is 0 Å². The van der Waals surface area contributed by atoms with Crippen LogP contribution < -0.4 is 0 Å². The fourth-order valence-corrected chi connectivity index (χ4v) is 0.915. The van der Waals surface area contributed by atoms with E-state index in [1.54, 1.807) is 6.92 Å². The van der Waals surface area contributed by atoms with Crippen molar-refractivity contribution in [1.82, 2.24) is 9.97 Å². The molecule has 0 aromatic carbocycles. The molecule has 0 spiro atoms. The fourth-order valence-electron chi connectivity index (χ4n) is 0.915. The highest BCUT2D eigenvalue weighted by molar-refractivity contribution is 5.27. The van der Waals surface area contributed by atoms with Gasteiger partial charge in [-0.25, -0.2) is 9.97 Å². The number of nitrogens with one attached hydrogen (secondary N) is 1. The second-order valence-corrected chi connectivity index (χ2v) is 2.31. The average molecular weight is 171 g/mol. The predicted octanol–water partition coefficient (Wildman–Crippen LogP) is 0.773. The summed E-state index contributed by atoms with van der Waals surface area (Å²) in [5.74, 6) is 0.433. The molecule has 6 nitrogen and oxygen atoms in total. The zero-order valence-corrected chi connectivity index (χ0v) is 6.83. The molecule has 12 heavy (non-hydrogen) atoms. The van der Waals surface area contributed by atoms with Gasteiger partial charge in [0, 0.05) is 14.0 Å². The molecule has 0 fully saturated rings. The molecular formula is C6H9N3O3. The Morgan fingerprint density at radius 3 is 2.92 bits per heavy atom. The van der Waals surface area contributed by atoms with Crippen molar-refractivity contribution < 1.29 is 9.66 Å². The Morgan fingerprint density at radius 2 is 2.42 bits per heavy atom. The van der Waals surface area contributed by atoms with Gasteiger partial charge >= 0.3 is 5.82 Å². The maximum Gasteiger partial charge on any atom is 0.346 e. The van der Waals surface area contributed by atoms with E-state index in [-0.39, 0.29) is 12.4 Å². The van der Waals surface area contributed by atoms with Gasteiger partial charge in [-0.15, -0.1) is 0 Å². The standard InChI is InChI=1S/C6H9N3O3/c1-4-7-5(3-12-2)6(8-4)9(10)11/h3H2,1-2H3,(H,7,8). The molecule has 0 saturated heterocycles. The number of H-pyrrole nitrogens is 1. The zero-order chi connectivity index (χ0) is 9.14. The third kappa shape index (κ3) is 1.59. The van der Waals surface area contributed by atoms with Gasteiger partial charge in [-0.2, -0.15) is 0 Å². The molecule has 6 heteroatoms. The second kappa shape index (κ2) is 3.31. The maximum atomic E-state index is 10.4. The van der Waals surface area contributed by atoms with E-state index in [2.05, 4.69) is 9.97 Å². The van der Waals surface area contributed by atoms with Gasteiger partial charge in [0.25, 0.3) is 0 Å². The highest BCUT2D eigenvalue weighted by Crippen LogP contribution is 2.14. The lowest BCUT2D eigenvalue weighted by atomic mass is 10.5. The maximum absolute atomic E-state index is 10.4. The zero-order valence-electron chi connectivity index (χ0n) is 6.83. The Kier molecular flexibility index (Phi) is 2.39. The number of hydrogen-bond acceptors (Lipinski definition) is 4. The van der Waals surface area contributed by atoms with Crippen molar-refractivity contribution >= 4 is 5.82 Å². The van der Waals surface area contributed by atoms with Crippen LogP contribution >= 0.6 is 0 Å². The Labute approximate surface area is 68.7 Å². The average Bonchev–Trinajstić information content (AvgIpc) is 2.32. The summed E-state index contributed by atoms with van der Waals surface area (Å²) >= 11 is 0. The number of imidazole rings is 1. The summed E-state index contributed by atoms with van der Waals surface area (Å²) < 4.78 is 4.75. The summed E-state index contributed by atoms with van der Waals surface area (Å²) in [4.78, 5) is 16.3. The molecule has 1 aromatic heterocycles. The molecule has 0 aliphatic rings. The van der Waals surface area contributed by atoms with E-state index < -0.39 is 4.92 Å². The van der Waals surface area contributed by atoms with Crippen molar-refractivity contribution in [3.63, 3.8) is 0 Å². The van der Waals surface area contributed by atoms with Crippen LogP contribution in [0.2, 0.25) is 0 Å². The van der Waals surface area contributed by atoms with Gasteiger partial charge in [-0.1, -0.05) is 0 Å². The Morgan fingerprint density at radius 1 is 1.75 bits per heavy atom. The molecule has 1 aromatic rings. The number of methoxy groups -OCH3 is 1.